The first kappa shape index (κ1) is 23.1. The zero-order valence-corrected chi connectivity index (χ0v) is 18.8. The zero-order chi connectivity index (χ0) is 21.2. The van der Waals surface area contributed by atoms with Gasteiger partial charge in [0.2, 0.25) is 5.91 Å². The molecule has 1 heterocycles. The van der Waals surface area contributed by atoms with Gasteiger partial charge in [-0.1, -0.05) is 31.2 Å². The fourth-order valence-electron chi connectivity index (χ4n) is 2.97. The van der Waals surface area contributed by atoms with Crippen molar-refractivity contribution >= 4 is 17.7 Å². The van der Waals surface area contributed by atoms with Crippen molar-refractivity contribution in [3.05, 3.63) is 29.6 Å². The number of unbranched alkanes of at least 4 members (excludes halogenated alkanes) is 1. The van der Waals surface area contributed by atoms with Crippen LogP contribution in [-0.2, 0) is 24.2 Å². The molecule has 1 atom stereocenters. The van der Waals surface area contributed by atoms with Gasteiger partial charge >= 0.3 is 0 Å². The van der Waals surface area contributed by atoms with Crippen molar-refractivity contribution in [2.24, 2.45) is 0 Å². The van der Waals surface area contributed by atoms with Crippen LogP contribution in [0.1, 0.15) is 45.0 Å². The van der Waals surface area contributed by atoms with Gasteiger partial charge in [-0.3, -0.25) is 4.79 Å². The van der Waals surface area contributed by atoms with Crippen LogP contribution < -0.4 is 14.8 Å². The van der Waals surface area contributed by atoms with Crippen LogP contribution in [0.4, 0.5) is 0 Å². The van der Waals surface area contributed by atoms with E-state index < -0.39 is 0 Å². The summed E-state index contributed by atoms with van der Waals surface area (Å²) in [7, 11) is 3.23. The molecule has 0 saturated carbocycles. The molecular formula is C21H32N4O3S. The molecule has 0 aliphatic carbocycles. The van der Waals surface area contributed by atoms with E-state index >= 15 is 0 Å². The molecule has 2 aromatic rings. The normalized spacial score (nSPS) is 11.9. The van der Waals surface area contributed by atoms with Gasteiger partial charge in [-0.2, -0.15) is 0 Å². The molecule has 0 aliphatic rings. The number of hydrogen-bond donors (Lipinski definition) is 1. The second kappa shape index (κ2) is 11.7. The number of nitrogens with zero attached hydrogens (tertiary/aromatic N) is 3. The number of benzene rings is 1. The van der Waals surface area contributed by atoms with Gasteiger partial charge in [0.15, 0.2) is 16.7 Å². The summed E-state index contributed by atoms with van der Waals surface area (Å²) in [6.45, 7) is 7.51. The van der Waals surface area contributed by atoms with Crippen LogP contribution >= 0.6 is 11.8 Å². The molecule has 0 saturated heterocycles. The first-order chi connectivity index (χ1) is 14.0. The molecule has 0 radical (unpaired) electrons. The molecule has 29 heavy (non-hydrogen) atoms. The van der Waals surface area contributed by atoms with Gasteiger partial charge in [-0.25, -0.2) is 0 Å². The van der Waals surface area contributed by atoms with Crippen molar-refractivity contribution in [3.63, 3.8) is 0 Å². The SMILES string of the molecule is CCCCc1nnc(S[C@@H](C)C(=O)NCCc2ccc(OC)c(OC)c2)n1CC. The van der Waals surface area contributed by atoms with Crippen LogP contribution in [0.25, 0.3) is 0 Å². The van der Waals surface area contributed by atoms with Gasteiger partial charge in [0.25, 0.3) is 0 Å². The molecule has 1 N–H and O–H groups in total. The molecular weight excluding hydrogens is 388 g/mol. The Labute approximate surface area is 177 Å². The predicted molar refractivity (Wildman–Crippen MR) is 116 cm³/mol. The smallest absolute Gasteiger partial charge is 0.233 e. The third kappa shape index (κ3) is 6.39. The standard InChI is InChI=1S/C21H32N4O3S/c1-6-8-9-19-23-24-21(25(19)7-2)29-15(3)20(26)22-13-12-16-10-11-17(27-4)18(14-16)28-5/h10-11,14-15H,6-9,12-13H2,1-5H3,(H,22,26)/t15-/m0/s1. The second-order valence-corrected chi connectivity index (χ2v) is 8.05. The molecule has 8 heteroatoms. The maximum atomic E-state index is 12.5. The Kier molecular flexibility index (Phi) is 9.31. The number of ether oxygens (including phenoxy) is 2. The molecule has 2 rings (SSSR count). The summed E-state index contributed by atoms with van der Waals surface area (Å²) >= 11 is 1.46. The molecule has 0 aliphatic heterocycles. The van der Waals surface area contributed by atoms with Gasteiger partial charge in [0, 0.05) is 19.5 Å². The molecule has 0 spiro atoms. The first-order valence-electron chi connectivity index (χ1n) is 10.1. The summed E-state index contributed by atoms with van der Waals surface area (Å²) in [5, 5.41) is 12.2. The molecule has 0 unspecified atom stereocenters. The maximum absolute atomic E-state index is 12.5. The predicted octanol–water partition coefficient (Wildman–Crippen LogP) is 3.50. The quantitative estimate of drug-likeness (QED) is 0.530. The van der Waals surface area contributed by atoms with E-state index in [0.717, 1.165) is 48.8 Å². The summed E-state index contributed by atoms with van der Waals surface area (Å²) in [6, 6.07) is 5.79. The van der Waals surface area contributed by atoms with E-state index in [0.29, 0.717) is 18.0 Å². The Bertz CT molecular complexity index is 794. The first-order valence-corrected chi connectivity index (χ1v) is 11.0. The van der Waals surface area contributed by atoms with Crippen molar-refractivity contribution in [2.45, 2.75) is 63.4 Å². The summed E-state index contributed by atoms with van der Waals surface area (Å²) in [5.74, 6) is 2.39. The van der Waals surface area contributed by atoms with Crippen molar-refractivity contribution in [2.75, 3.05) is 20.8 Å². The minimum Gasteiger partial charge on any atom is -0.493 e. The van der Waals surface area contributed by atoms with Crippen LogP contribution in [0.3, 0.4) is 0 Å². The molecule has 1 aromatic heterocycles. The van der Waals surface area contributed by atoms with Gasteiger partial charge in [0.1, 0.15) is 5.82 Å². The average molecular weight is 421 g/mol. The Morgan fingerprint density at radius 2 is 1.93 bits per heavy atom. The minimum atomic E-state index is -0.242. The number of aryl methyl sites for hydroxylation is 1. The summed E-state index contributed by atoms with van der Waals surface area (Å²) in [4.78, 5) is 12.5. The second-order valence-electron chi connectivity index (χ2n) is 6.74. The van der Waals surface area contributed by atoms with E-state index in [1.807, 2.05) is 25.1 Å². The third-order valence-corrected chi connectivity index (χ3v) is 5.76. The Balaban J connectivity index is 1.87. The summed E-state index contributed by atoms with van der Waals surface area (Å²) in [6.07, 6.45) is 3.85. The number of amides is 1. The van der Waals surface area contributed by atoms with Crippen LogP contribution in [0.15, 0.2) is 23.4 Å². The minimum absolute atomic E-state index is 0.00348. The topological polar surface area (TPSA) is 78.3 Å². The molecule has 7 nitrogen and oxygen atoms in total. The van der Waals surface area contributed by atoms with Crippen molar-refractivity contribution in [1.82, 2.24) is 20.1 Å². The number of methoxy groups -OCH3 is 2. The Hall–Kier alpha value is -2.22. The van der Waals surface area contributed by atoms with Crippen molar-refractivity contribution < 1.29 is 14.3 Å². The summed E-state index contributed by atoms with van der Waals surface area (Å²) < 4.78 is 12.7. The molecule has 0 fully saturated rings. The third-order valence-electron chi connectivity index (χ3n) is 4.68. The highest BCUT2D eigenvalue weighted by atomic mass is 32.2. The number of carbonyl (C=O) groups is 1. The van der Waals surface area contributed by atoms with Gasteiger partial charge in [-0.05, 0) is 44.4 Å². The molecule has 1 amide bonds. The highest BCUT2D eigenvalue weighted by Gasteiger charge is 2.19. The van der Waals surface area contributed by atoms with E-state index in [-0.39, 0.29) is 11.2 Å². The van der Waals surface area contributed by atoms with Crippen LogP contribution in [-0.4, -0.2) is 46.7 Å². The fraction of sp³-hybridized carbons (Fsp3) is 0.571. The van der Waals surface area contributed by atoms with E-state index in [9.17, 15) is 4.79 Å². The van der Waals surface area contributed by atoms with Gasteiger partial charge in [0.05, 0.1) is 19.5 Å². The monoisotopic (exact) mass is 420 g/mol. The maximum Gasteiger partial charge on any atom is 0.233 e. The van der Waals surface area contributed by atoms with E-state index in [1.54, 1.807) is 14.2 Å². The number of aromatic nitrogens is 3. The lowest BCUT2D eigenvalue weighted by Crippen LogP contribution is -2.32. The van der Waals surface area contributed by atoms with E-state index in [4.69, 9.17) is 9.47 Å². The molecule has 160 valence electrons. The fourth-order valence-corrected chi connectivity index (χ4v) is 3.92. The van der Waals surface area contributed by atoms with Crippen molar-refractivity contribution in [1.29, 1.82) is 0 Å². The lowest BCUT2D eigenvalue weighted by molar-refractivity contribution is -0.120. The van der Waals surface area contributed by atoms with Gasteiger partial charge < -0.3 is 19.4 Å². The Morgan fingerprint density at radius 1 is 1.17 bits per heavy atom. The number of hydrogen-bond acceptors (Lipinski definition) is 6. The molecule has 1 aromatic carbocycles. The number of thioether (sulfide) groups is 1. The molecule has 0 bridgehead atoms. The zero-order valence-electron chi connectivity index (χ0n) is 18.0. The number of rotatable bonds is 12. The van der Waals surface area contributed by atoms with Gasteiger partial charge in [-0.15, -0.1) is 10.2 Å². The average Bonchev–Trinajstić information content (AvgIpc) is 3.12. The van der Waals surface area contributed by atoms with E-state index in [1.165, 1.54) is 11.8 Å². The van der Waals surface area contributed by atoms with Crippen molar-refractivity contribution in [3.8, 4) is 11.5 Å². The lowest BCUT2D eigenvalue weighted by Gasteiger charge is -2.13. The van der Waals surface area contributed by atoms with E-state index in [2.05, 4.69) is 33.9 Å². The van der Waals surface area contributed by atoms with Crippen LogP contribution in [0.5, 0.6) is 11.5 Å². The highest BCUT2D eigenvalue weighted by Crippen LogP contribution is 2.27. The largest absolute Gasteiger partial charge is 0.493 e. The number of carbonyl (C=O) groups excluding carboxylic acids is 1. The summed E-state index contributed by atoms with van der Waals surface area (Å²) in [5.41, 5.74) is 1.08. The number of nitrogens with one attached hydrogen (secondary N) is 1. The van der Waals surface area contributed by atoms with Crippen LogP contribution in [0.2, 0.25) is 0 Å². The lowest BCUT2D eigenvalue weighted by atomic mass is 10.1. The van der Waals surface area contributed by atoms with Crippen LogP contribution in [0, 0.1) is 0 Å². The highest BCUT2D eigenvalue weighted by molar-refractivity contribution is 8.00. The Morgan fingerprint density at radius 3 is 2.59 bits per heavy atom.